The SMILES string of the molecule is Cc1cccc(NC(=O)c2c(NC(=O)[C@H]3CCCC[C@H]3C(=O)O)sc3c2CCC3)c1. The number of carboxylic acid groups (broad SMARTS) is 1. The van der Waals surface area contributed by atoms with E-state index in [1.807, 2.05) is 31.2 Å². The van der Waals surface area contributed by atoms with Crippen molar-refractivity contribution in [3.63, 3.8) is 0 Å². The lowest BCUT2D eigenvalue weighted by atomic mass is 9.79. The summed E-state index contributed by atoms with van der Waals surface area (Å²) < 4.78 is 0. The highest BCUT2D eigenvalue weighted by Crippen LogP contribution is 2.40. The zero-order chi connectivity index (χ0) is 21.3. The maximum Gasteiger partial charge on any atom is 0.307 e. The van der Waals surface area contributed by atoms with E-state index in [1.165, 1.54) is 11.3 Å². The molecule has 3 N–H and O–H groups in total. The fourth-order valence-electron chi connectivity index (χ4n) is 4.59. The lowest BCUT2D eigenvalue weighted by Gasteiger charge is -2.27. The van der Waals surface area contributed by atoms with Crippen LogP contribution in [0.5, 0.6) is 0 Å². The molecule has 0 saturated heterocycles. The zero-order valence-corrected chi connectivity index (χ0v) is 17.8. The molecule has 0 spiro atoms. The van der Waals surface area contributed by atoms with E-state index < -0.39 is 17.8 Å². The molecule has 0 aliphatic heterocycles. The van der Waals surface area contributed by atoms with Crippen LogP contribution in [-0.2, 0) is 22.4 Å². The molecule has 1 aromatic carbocycles. The van der Waals surface area contributed by atoms with E-state index >= 15 is 0 Å². The fraction of sp³-hybridized carbons (Fsp3) is 0.435. The molecule has 30 heavy (non-hydrogen) atoms. The van der Waals surface area contributed by atoms with Crippen LogP contribution >= 0.6 is 11.3 Å². The first-order valence-electron chi connectivity index (χ1n) is 10.5. The van der Waals surface area contributed by atoms with Gasteiger partial charge in [-0.1, -0.05) is 25.0 Å². The Hall–Kier alpha value is -2.67. The molecule has 1 aromatic heterocycles. The number of carbonyl (C=O) groups is 3. The topological polar surface area (TPSA) is 95.5 Å². The molecule has 4 rings (SSSR count). The highest BCUT2D eigenvalue weighted by Gasteiger charge is 2.37. The van der Waals surface area contributed by atoms with Crippen LogP contribution in [0.25, 0.3) is 0 Å². The number of nitrogens with one attached hydrogen (secondary N) is 2. The van der Waals surface area contributed by atoms with Crippen molar-refractivity contribution in [1.29, 1.82) is 0 Å². The highest BCUT2D eigenvalue weighted by molar-refractivity contribution is 7.17. The van der Waals surface area contributed by atoms with Gasteiger partial charge < -0.3 is 15.7 Å². The molecule has 2 amide bonds. The summed E-state index contributed by atoms with van der Waals surface area (Å²) in [7, 11) is 0. The first kappa shape index (κ1) is 20.6. The summed E-state index contributed by atoms with van der Waals surface area (Å²) in [6.45, 7) is 1.96. The Morgan fingerprint density at radius 3 is 2.53 bits per heavy atom. The van der Waals surface area contributed by atoms with Gasteiger partial charge in [0.1, 0.15) is 5.00 Å². The smallest absolute Gasteiger partial charge is 0.307 e. The Bertz CT molecular complexity index is 997. The molecule has 0 bridgehead atoms. The van der Waals surface area contributed by atoms with Gasteiger partial charge in [0.15, 0.2) is 0 Å². The standard InChI is InChI=1S/C23H26N2O4S/c1-13-6-4-7-14(12-13)24-21(27)19-17-10-5-11-18(17)30-22(19)25-20(26)15-8-2-3-9-16(15)23(28)29/h4,6-7,12,15-16H,2-3,5,8-11H2,1H3,(H,24,27)(H,25,26)(H,28,29)/t15-,16+/m0/s1. The first-order valence-corrected chi connectivity index (χ1v) is 11.3. The summed E-state index contributed by atoms with van der Waals surface area (Å²) in [6.07, 6.45) is 5.50. The average Bonchev–Trinajstić information content (AvgIpc) is 3.28. The van der Waals surface area contributed by atoms with Crippen molar-refractivity contribution in [3.05, 3.63) is 45.8 Å². The first-order chi connectivity index (χ1) is 14.4. The molecule has 158 valence electrons. The van der Waals surface area contributed by atoms with E-state index in [1.54, 1.807) is 0 Å². The van der Waals surface area contributed by atoms with Crippen LogP contribution in [0.15, 0.2) is 24.3 Å². The summed E-state index contributed by atoms with van der Waals surface area (Å²) in [5, 5.41) is 15.9. The summed E-state index contributed by atoms with van der Waals surface area (Å²) in [5.41, 5.74) is 3.31. The quantitative estimate of drug-likeness (QED) is 0.650. The van der Waals surface area contributed by atoms with Gasteiger partial charge >= 0.3 is 5.97 Å². The van der Waals surface area contributed by atoms with E-state index in [0.717, 1.165) is 48.1 Å². The lowest BCUT2D eigenvalue weighted by molar-refractivity contribution is -0.147. The van der Waals surface area contributed by atoms with Crippen LogP contribution in [0, 0.1) is 18.8 Å². The van der Waals surface area contributed by atoms with Crippen LogP contribution in [0.4, 0.5) is 10.7 Å². The molecule has 1 fully saturated rings. The van der Waals surface area contributed by atoms with Gasteiger partial charge in [0.25, 0.3) is 5.91 Å². The maximum atomic E-state index is 13.1. The van der Waals surface area contributed by atoms with Gasteiger partial charge in [0.05, 0.1) is 17.4 Å². The second-order valence-corrected chi connectivity index (χ2v) is 9.32. The van der Waals surface area contributed by atoms with Crippen molar-refractivity contribution >= 4 is 39.8 Å². The number of fused-ring (bicyclic) bond motifs is 1. The maximum absolute atomic E-state index is 13.1. The predicted octanol–water partition coefficient (Wildman–Crippen LogP) is 4.63. The predicted molar refractivity (Wildman–Crippen MR) is 117 cm³/mol. The number of carboxylic acids is 1. The number of thiophene rings is 1. The van der Waals surface area contributed by atoms with Crippen molar-refractivity contribution in [3.8, 4) is 0 Å². The molecular weight excluding hydrogens is 400 g/mol. The molecule has 1 heterocycles. The van der Waals surface area contributed by atoms with Crippen molar-refractivity contribution in [1.82, 2.24) is 0 Å². The number of hydrogen-bond donors (Lipinski definition) is 3. The number of rotatable bonds is 5. The normalized spacial score (nSPS) is 20.4. The number of aryl methyl sites for hydroxylation is 2. The lowest BCUT2D eigenvalue weighted by Crippen LogP contribution is -2.36. The van der Waals surface area contributed by atoms with Crippen molar-refractivity contribution in [2.75, 3.05) is 10.6 Å². The zero-order valence-electron chi connectivity index (χ0n) is 17.0. The van der Waals surface area contributed by atoms with Crippen LogP contribution in [0.3, 0.4) is 0 Å². The number of anilines is 2. The Kier molecular flexibility index (Phi) is 5.90. The molecule has 7 heteroatoms. The van der Waals surface area contributed by atoms with Gasteiger partial charge in [-0.15, -0.1) is 11.3 Å². The molecule has 1 saturated carbocycles. The minimum absolute atomic E-state index is 0.228. The number of benzene rings is 1. The minimum Gasteiger partial charge on any atom is -0.481 e. The van der Waals surface area contributed by atoms with E-state index in [2.05, 4.69) is 10.6 Å². The van der Waals surface area contributed by atoms with E-state index in [-0.39, 0.29) is 11.8 Å². The van der Waals surface area contributed by atoms with Gasteiger partial charge in [-0.3, -0.25) is 14.4 Å². The summed E-state index contributed by atoms with van der Waals surface area (Å²) in [6, 6.07) is 7.60. The van der Waals surface area contributed by atoms with Crippen molar-refractivity contribution < 1.29 is 19.5 Å². The second kappa shape index (κ2) is 8.60. The van der Waals surface area contributed by atoms with Gasteiger partial charge in [0, 0.05) is 10.6 Å². The molecule has 2 aromatic rings. The minimum atomic E-state index is -0.916. The Morgan fingerprint density at radius 2 is 1.80 bits per heavy atom. The Balaban J connectivity index is 1.59. The van der Waals surface area contributed by atoms with Gasteiger partial charge in [-0.05, 0) is 62.3 Å². The Morgan fingerprint density at radius 1 is 1.03 bits per heavy atom. The van der Waals surface area contributed by atoms with Crippen LogP contribution in [0.1, 0.15) is 58.5 Å². The second-order valence-electron chi connectivity index (χ2n) is 8.21. The van der Waals surface area contributed by atoms with Crippen LogP contribution in [0.2, 0.25) is 0 Å². The molecule has 0 radical (unpaired) electrons. The van der Waals surface area contributed by atoms with Gasteiger partial charge in [-0.2, -0.15) is 0 Å². The molecule has 2 aliphatic carbocycles. The molecule has 6 nitrogen and oxygen atoms in total. The number of hydrogen-bond acceptors (Lipinski definition) is 4. The van der Waals surface area contributed by atoms with E-state index in [4.69, 9.17) is 0 Å². The average molecular weight is 427 g/mol. The summed E-state index contributed by atoms with van der Waals surface area (Å²) >= 11 is 1.45. The molecule has 2 aliphatic rings. The summed E-state index contributed by atoms with van der Waals surface area (Å²) in [4.78, 5) is 38.9. The monoisotopic (exact) mass is 426 g/mol. The summed E-state index contributed by atoms with van der Waals surface area (Å²) in [5.74, 6) is -2.64. The highest BCUT2D eigenvalue weighted by atomic mass is 32.1. The van der Waals surface area contributed by atoms with Crippen molar-refractivity contribution in [2.45, 2.75) is 51.9 Å². The largest absolute Gasteiger partial charge is 0.481 e. The van der Waals surface area contributed by atoms with Crippen LogP contribution in [-0.4, -0.2) is 22.9 Å². The van der Waals surface area contributed by atoms with Crippen molar-refractivity contribution in [2.24, 2.45) is 11.8 Å². The van der Waals surface area contributed by atoms with Gasteiger partial charge in [-0.25, -0.2) is 0 Å². The third kappa shape index (κ3) is 4.12. The number of aliphatic carboxylic acids is 1. The molecular formula is C23H26N2O4S. The fourth-order valence-corrected chi connectivity index (χ4v) is 5.88. The Labute approximate surface area is 179 Å². The third-order valence-corrected chi connectivity index (χ3v) is 7.29. The number of amides is 2. The van der Waals surface area contributed by atoms with Gasteiger partial charge in [0.2, 0.25) is 5.91 Å². The molecule has 0 unspecified atom stereocenters. The number of carbonyl (C=O) groups excluding carboxylic acids is 2. The third-order valence-electron chi connectivity index (χ3n) is 6.08. The molecule has 2 atom stereocenters. The van der Waals surface area contributed by atoms with E-state index in [9.17, 15) is 19.5 Å². The van der Waals surface area contributed by atoms with E-state index in [0.29, 0.717) is 29.1 Å². The van der Waals surface area contributed by atoms with Crippen LogP contribution < -0.4 is 10.6 Å².